The number of amides is 2. The molecule has 94 valence electrons. The fourth-order valence-corrected chi connectivity index (χ4v) is 2.69. The average Bonchev–Trinajstić information content (AvgIpc) is 2.75. The van der Waals surface area contributed by atoms with Gasteiger partial charge >= 0.3 is 6.03 Å². The number of sulfonamides is 1. The van der Waals surface area contributed by atoms with Crippen LogP contribution in [0.1, 0.15) is 0 Å². The van der Waals surface area contributed by atoms with Gasteiger partial charge in [-0.15, -0.1) is 16.8 Å². The fourth-order valence-electron chi connectivity index (χ4n) is 0.759. The molecular formula is C7H11N5O3S2. The van der Waals surface area contributed by atoms with Crippen LogP contribution in [0.25, 0.3) is 0 Å². The second-order valence-corrected chi connectivity index (χ2v) is 5.64. The highest BCUT2D eigenvalue weighted by atomic mass is 32.2. The van der Waals surface area contributed by atoms with Gasteiger partial charge in [-0.05, 0) is 0 Å². The van der Waals surface area contributed by atoms with Gasteiger partial charge in [0.2, 0.25) is 9.47 Å². The van der Waals surface area contributed by atoms with Gasteiger partial charge < -0.3 is 5.32 Å². The minimum Gasteiger partial charge on any atom is -0.341 e. The molecule has 0 bridgehead atoms. The van der Waals surface area contributed by atoms with Gasteiger partial charge in [0, 0.05) is 13.6 Å². The van der Waals surface area contributed by atoms with E-state index in [0.29, 0.717) is 0 Å². The van der Waals surface area contributed by atoms with Crippen molar-refractivity contribution in [1.82, 2.24) is 20.2 Å². The van der Waals surface area contributed by atoms with Gasteiger partial charge in [0.25, 0.3) is 10.0 Å². The third-order valence-electron chi connectivity index (χ3n) is 1.50. The molecule has 0 saturated carbocycles. The number of hydrogen-bond donors (Lipinski definition) is 3. The molecule has 10 heteroatoms. The van der Waals surface area contributed by atoms with Crippen molar-refractivity contribution >= 4 is 32.5 Å². The number of nitrogens with one attached hydrogen (secondary N) is 3. The second-order valence-electron chi connectivity index (χ2n) is 2.72. The Morgan fingerprint density at radius 3 is 2.82 bits per heavy atom. The van der Waals surface area contributed by atoms with E-state index in [2.05, 4.69) is 32.1 Å². The van der Waals surface area contributed by atoms with Crippen molar-refractivity contribution in [3.05, 3.63) is 12.7 Å². The van der Waals surface area contributed by atoms with E-state index in [9.17, 15) is 13.2 Å². The van der Waals surface area contributed by atoms with Crippen LogP contribution in [0.4, 0.5) is 9.93 Å². The van der Waals surface area contributed by atoms with Crippen molar-refractivity contribution in [1.29, 1.82) is 0 Å². The zero-order valence-corrected chi connectivity index (χ0v) is 10.6. The maximum atomic E-state index is 11.6. The summed E-state index contributed by atoms with van der Waals surface area (Å²) in [5.74, 6) is 0. The lowest BCUT2D eigenvalue weighted by Crippen LogP contribution is -2.24. The van der Waals surface area contributed by atoms with E-state index in [1.54, 1.807) is 0 Å². The van der Waals surface area contributed by atoms with E-state index in [1.165, 1.54) is 13.1 Å². The standard InChI is InChI=1S/C7H11N5O3S2/c1-3-4-9-17(14,15)7-12-11-6(16-7)10-5(13)8-2/h3,9H,1,4H2,2H3,(H2,8,10,11,13). The summed E-state index contributed by atoms with van der Waals surface area (Å²) in [7, 11) is -2.26. The predicted octanol–water partition coefficient (Wildman–Crippen LogP) is -0.246. The molecule has 0 fully saturated rings. The molecule has 2 amide bonds. The SMILES string of the molecule is C=CCNS(=O)(=O)c1nnc(NC(=O)NC)s1. The normalized spacial score (nSPS) is 10.9. The van der Waals surface area contributed by atoms with Gasteiger partial charge in [-0.2, -0.15) is 0 Å². The van der Waals surface area contributed by atoms with E-state index in [-0.39, 0.29) is 16.0 Å². The fraction of sp³-hybridized carbons (Fsp3) is 0.286. The van der Waals surface area contributed by atoms with Crippen LogP contribution in [-0.2, 0) is 10.0 Å². The van der Waals surface area contributed by atoms with Crippen LogP contribution in [0, 0.1) is 0 Å². The molecule has 1 rings (SSSR count). The van der Waals surface area contributed by atoms with E-state index < -0.39 is 16.1 Å². The highest BCUT2D eigenvalue weighted by Gasteiger charge is 2.19. The Morgan fingerprint density at radius 2 is 2.24 bits per heavy atom. The number of carbonyl (C=O) groups excluding carboxylic acids is 1. The van der Waals surface area contributed by atoms with E-state index in [1.807, 2.05) is 0 Å². The highest BCUT2D eigenvalue weighted by molar-refractivity contribution is 7.91. The number of rotatable bonds is 5. The predicted molar refractivity (Wildman–Crippen MR) is 63.4 cm³/mol. The molecule has 0 atom stereocenters. The molecule has 0 aromatic carbocycles. The molecule has 0 radical (unpaired) electrons. The monoisotopic (exact) mass is 277 g/mol. The molecule has 3 N–H and O–H groups in total. The maximum Gasteiger partial charge on any atom is 0.320 e. The third-order valence-corrected chi connectivity index (χ3v) is 4.13. The quantitative estimate of drug-likeness (QED) is 0.507. The average molecular weight is 277 g/mol. The molecule has 8 nitrogen and oxygen atoms in total. The minimum absolute atomic E-state index is 0.0973. The molecule has 0 saturated heterocycles. The first-order chi connectivity index (χ1) is 7.99. The number of aromatic nitrogens is 2. The maximum absolute atomic E-state index is 11.6. The number of nitrogens with zero attached hydrogens (tertiary/aromatic N) is 2. The van der Waals surface area contributed by atoms with Crippen molar-refractivity contribution in [2.75, 3.05) is 18.9 Å². The summed E-state index contributed by atoms with van der Waals surface area (Å²) in [6.07, 6.45) is 1.41. The summed E-state index contributed by atoms with van der Waals surface area (Å²) >= 11 is 0.755. The van der Waals surface area contributed by atoms with Gasteiger partial charge in [0.15, 0.2) is 0 Å². The largest absolute Gasteiger partial charge is 0.341 e. The van der Waals surface area contributed by atoms with Crippen molar-refractivity contribution in [2.24, 2.45) is 0 Å². The van der Waals surface area contributed by atoms with Gasteiger partial charge in [-0.3, -0.25) is 5.32 Å². The molecule has 17 heavy (non-hydrogen) atoms. The Bertz CT molecular complexity index is 509. The van der Waals surface area contributed by atoms with Crippen LogP contribution in [0.5, 0.6) is 0 Å². The van der Waals surface area contributed by atoms with Crippen LogP contribution < -0.4 is 15.4 Å². The lowest BCUT2D eigenvalue weighted by molar-refractivity contribution is 0.254. The Kier molecular flexibility index (Phi) is 4.54. The number of hydrogen-bond acceptors (Lipinski definition) is 6. The Balaban J connectivity index is 2.80. The van der Waals surface area contributed by atoms with E-state index in [0.717, 1.165) is 11.3 Å². The lowest BCUT2D eigenvalue weighted by Gasteiger charge is -1.98. The highest BCUT2D eigenvalue weighted by Crippen LogP contribution is 2.19. The molecule has 1 heterocycles. The van der Waals surface area contributed by atoms with Crippen molar-refractivity contribution in [2.45, 2.75) is 4.34 Å². The molecule has 0 aliphatic carbocycles. The van der Waals surface area contributed by atoms with Crippen molar-refractivity contribution < 1.29 is 13.2 Å². The minimum atomic E-state index is -3.69. The Hall–Kier alpha value is -1.52. The van der Waals surface area contributed by atoms with Crippen LogP contribution in [0.15, 0.2) is 17.0 Å². The molecule has 1 aromatic rings. The molecular weight excluding hydrogens is 266 g/mol. The molecule has 0 aliphatic rings. The first kappa shape index (κ1) is 13.5. The number of anilines is 1. The Labute approximate surface area is 102 Å². The van der Waals surface area contributed by atoms with Gasteiger partial charge in [0.1, 0.15) is 0 Å². The summed E-state index contributed by atoms with van der Waals surface area (Å²) in [4.78, 5) is 11.0. The summed E-state index contributed by atoms with van der Waals surface area (Å²) in [6.45, 7) is 3.49. The first-order valence-corrected chi connectivity index (χ1v) is 6.72. The number of urea groups is 1. The number of carbonyl (C=O) groups is 1. The van der Waals surface area contributed by atoms with Crippen molar-refractivity contribution in [3.8, 4) is 0 Å². The van der Waals surface area contributed by atoms with Crippen LogP contribution in [0.3, 0.4) is 0 Å². The third kappa shape index (κ3) is 3.76. The topological polar surface area (TPSA) is 113 Å². The van der Waals surface area contributed by atoms with Crippen LogP contribution in [0.2, 0.25) is 0 Å². The van der Waals surface area contributed by atoms with Crippen LogP contribution in [-0.4, -0.2) is 38.2 Å². The van der Waals surface area contributed by atoms with Crippen LogP contribution >= 0.6 is 11.3 Å². The summed E-state index contributed by atoms with van der Waals surface area (Å²) in [5.41, 5.74) is 0. The van der Waals surface area contributed by atoms with Gasteiger partial charge in [-0.25, -0.2) is 17.9 Å². The Morgan fingerprint density at radius 1 is 1.53 bits per heavy atom. The summed E-state index contributed by atoms with van der Waals surface area (Å²) < 4.78 is 25.2. The van der Waals surface area contributed by atoms with E-state index >= 15 is 0 Å². The van der Waals surface area contributed by atoms with Gasteiger partial charge in [0.05, 0.1) is 0 Å². The zero-order valence-electron chi connectivity index (χ0n) is 8.93. The first-order valence-electron chi connectivity index (χ1n) is 4.42. The second kappa shape index (κ2) is 5.70. The summed E-state index contributed by atoms with van der Waals surface area (Å²) in [6, 6.07) is -0.496. The summed E-state index contributed by atoms with van der Waals surface area (Å²) in [5, 5.41) is 11.7. The van der Waals surface area contributed by atoms with Crippen molar-refractivity contribution in [3.63, 3.8) is 0 Å². The zero-order chi connectivity index (χ0) is 12.9. The smallest absolute Gasteiger partial charge is 0.320 e. The molecule has 0 unspecified atom stereocenters. The lowest BCUT2D eigenvalue weighted by atomic mass is 10.7. The van der Waals surface area contributed by atoms with Gasteiger partial charge in [-0.1, -0.05) is 17.4 Å². The molecule has 0 aliphatic heterocycles. The van der Waals surface area contributed by atoms with E-state index in [4.69, 9.17) is 0 Å². The molecule has 0 spiro atoms. The molecule has 1 aromatic heterocycles.